The van der Waals surface area contributed by atoms with Gasteiger partial charge in [0.1, 0.15) is 0 Å². The molecule has 3 fully saturated rings. The topological polar surface area (TPSA) is 3.24 Å². The Morgan fingerprint density at radius 1 is 1.20 bits per heavy atom. The number of alkyl halides is 1. The quantitative estimate of drug-likeness (QED) is 0.714. The molecule has 0 spiro atoms. The average molecular weight is 272 g/mol. The first kappa shape index (κ1) is 10.6. The molecule has 5 atom stereocenters. The number of likely N-dealkylation sites (tertiary alicyclic amines) is 1. The molecule has 0 amide bonds. The van der Waals surface area contributed by atoms with Crippen LogP contribution in [-0.2, 0) is 0 Å². The maximum absolute atomic E-state index is 3.59. The summed E-state index contributed by atoms with van der Waals surface area (Å²) in [4.78, 5) is 2.74. The molecule has 15 heavy (non-hydrogen) atoms. The van der Waals surface area contributed by atoms with E-state index in [-0.39, 0.29) is 0 Å². The molecule has 0 aromatic carbocycles. The van der Waals surface area contributed by atoms with E-state index >= 15 is 0 Å². The second-order valence-electron chi connectivity index (χ2n) is 6.14. The fourth-order valence-corrected chi connectivity index (χ4v) is 4.61. The van der Waals surface area contributed by atoms with Crippen LogP contribution in [0.1, 0.15) is 26.2 Å². The largest absolute Gasteiger partial charge is 0.302 e. The van der Waals surface area contributed by atoms with E-state index in [1.54, 1.807) is 19.3 Å². The second-order valence-corrected chi connectivity index (χ2v) is 6.79. The van der Waals surface area contributed by atoms with Crippen molar-refractivity contribution in [2.24, 2.45) is 29.6 Å². The molecule has 0 aromatic rings. The summed E-state index contributed by atoms with van der Waals surface area (Å²) in [7, 11) is 0. The van der Waals surface area contributed by atoms with Crippen molar-refractivity contribution >= 4 is 15.9 Å². The third kappa shape index (κ3) is 1.78. The minimum absolute atomic E-state index is 0.821. The lowest BCUT2D eigenvalue weighted by Crippen LogP contribution is -2.28. The van der Waals surface area contributed by atoms with Gasteiger partial charge in [-0.05, 0) is 48.9 Å². The SMILES string of the molecule is CC(CBr)CN1C[C@@H]2C3CCC(C3)[C@@H]2C1. The predicted octanol–water partition coefficient (Wildman–Crippen LogP) is 3.00. The number of rotatable bonds is 3. The van der Waals surface area contributed by atoms with Crippen molar-refractivity contribution in [3.8, 4) is 0 Å². The summed E-state index contributed by atoms with van der Waals surface area (Å²) >= 11 is 3.59. The van der Waals surface area contributed by atoms with E-state index in [9.17, 15) is 0 Å². The van der Waals surface area contributed by atoms with Gasteiger partial charge in [-0.2, -0.15) is 0 Å². The van der Waals surface area contributed by atoms with Crippen LogP contribution >= 0.6 is 15.9 Å². The number of halogens is 1. The summed E-state index contributed by atoms with van der Waals surface area (Å²) < 4.78 is 0. The Labute approximate surface area is 102 Å². The van der Waals surface area contributed by atoms with Gasteiger partial charge in [-0.15, -0.1) is 0 Å². The van der Waals surface area contributed by atoms with Gasteiger partial charge < -0.3 is 4.90 Å². The molecule has 1 aliphatic heterocycles. The van der Waals surface area contributed by atoms with Crippen LogP contribution < -0.4 is 0 Å². The Morgan fingerprint density at radius 3 is 2.33 bits per heavy atom. The average Bonchev–Trinajstić information content (AvgIpc) is 2.87. The van der Waals surface area contributed by atoms with E-state index in [1.165, 1.54) is 19.6 Å². The fourth-order valence-electron chi connectivity index (χ4n) is 4.41. The summed E-state index contributed by atoms with van der Waals surface area (Å²) in [5.41, 5.74) is 0. The van der Waals surface area contributed by atoms with Crippen LogP contribution in [0.2, 0.25) is 0 Å². The third-order valence-electron chi connectivity index (χ3n) is 5.05. The highest BCUT2D eigenvalue weighted by molar-refractivity contribution is 9.09. The highest BCUT2D eigenvalue weighted by Gasteiger charge is 2.51. The Balaban J connectivity index is 1.60. The molecule has 3 unspecified atom stereocenters. The molecule has 1 heterocycles. The maximum atomic E-state index is 3.59. The van der Waals surface area contributed by atoms with E-state index in [1.807, 2.05) is 0 Å². The van der Waals surface area contributed by atoms with E-state index in [0.717, 1.165) is 34.9 Å². The standard InChI is InChI=1S/C13H22BrN/c1-9(5-14)6-15-7-12-10-2-3-11(4-10)13(12)8-15/h9-13H,2-8H2,1H3/t9?,10?,11?,12-,13+. The van der Waals surface area contributed by atoms with E-state index < -0.39 is 0 Å². The molecule has 2 saturated carbocycles. The van der Waals surface area contributed by atoms with Crippen molar-refractivity contribution < 1.29 is 0 Å². The van der Waals surface area contributed by atoms with Crippen molar-refractivity contribution in [1.29, 1.82) is 0 Å². The maximum Gasteiger partial charge on any atom is 0.00692 e. The number of hydrogen-bond donors (Lipinski definition) is 0. The van der Waals surface area contributed by atoms with Crippen LogP contribution in [0.4, 0.5) is 0 Å². The first-order valence-corrected chi connectivity index (χ1v) is 7.68. The van der Waals surface area contributed by atoms with Gasteiger partial charge in [0.2, 0.25) is 0 Å². The zero-order chi connectivity index (χ0) is 10.4. The minimum atomic E-state index is 0.821. The number of hydrogen-bond acceptors (Lipinski definition) is 1. The predicted molar refractivity (Wildman–Crippen MR) is 67.2 cm³/mol. The minimum Gasteiger partial charge on any atom is -0.302 e. The molecule has 0 N–H and O–H groups in total. The Hall–Kier alpha value is 0.440. The molecule has 3 rings (SSSR count). The molecule has 2 heteroatoms. The summed E-state index contributed by atoms with van der Waals surface area (Å²) in [6.45, 7) is 6.52. The second kappa shape index (κ2) is 4.03. The Bertz CT molecular complexity index is 225. The summed E-state index contributed by atoms with van der Waals surface area (Å²) in [6.07, 6.45) is 4.68. The number of nitrogens with zero attached hydrogens (tertiary/aromatic N) is 1. The van der Waals surface area contributed by atoms with Crippen LogP contribution in [0.3, 0.4) is 0 Å². The van der Waals surface area contributed by atoms with Gasteiger partial charge in [0.25, 0.3) is 0 Å². The van der Waals surface area contributed by atoms with E-state index in [2.05, 4.69) is 27.8 Å². The van der Waals surface area contributed by atoms with Gasteiger partial charge in [-0.25, -0.2) is 0 Å². The van der Waals surface area contributed by atoms with E-state index in [4.69, 9.17) is 0 Å². The normalized spacial score (nSPS) is 46.0. The summed E-state index contributed by atoms with van der Waals surface area (Å²) in [5.74, 6) is 5.23. The highest BCUT2D eigenvalue weighted by Crippen LogP contribution is 2.55. The summed E-state index contributed by atoms with van der Waals surface area (Å²) in [6, 6.07) is 0. The molecule has 1 nitrogen and oxygen atoms in total. The molecule has 2 aliphatic carbocycles. The van der Waals surface area contributed by atoms with Crippen molar-refractivity contribution in [3.05, 3.63) is 0 Å². The summed E-state index contributed by atoms with van der Waals surface area (Å²) in [5, 5.41) is 1.16. The third-order valence-corrected chi connectivity index (χ3v) is 6.15. The van der Waals surface area contributed by atoms with Crippen molar-refractivity contribution in [2.75, 3.05) is 25.0 Å². The molecule has 3 aliphatic rings. The lowest BCUT2D eigenvalue weighted by molar-refractivity contribution is 0.267. The van der Waals surface area contributed by atoms with Gasteiger partial charge in [0, 0.05) is 25.0 Å². The molecule has 1 saturated heterocycles. The van der Waals surface area contributed by atoms with Gasteiger partial charge in [0.15, 0.2) is 0 Å². The lowest BCUT2D eigenvalue weighted by atomic mass is 9.82. The molecule has 0 aromatic heterocycles. The van der Waals surface area contributed by atoms with Gasteiger partial charge in [-0.1, -0.05) is 22.9 Å². The van der Waals surface area contributed by atoms with Crippen LogP contribution in [0.5, 0.6) is 0 Å². The Morgan fingerprint density at radius 2 is 1.80 bits per heavy atom. The monoisotopic (exact) mass is 271 g/mol. The smallest absolute Gasteiger partial charge is 0.00692 e. The van der Waals surface area contributed by atoms with Gasteiger partial charge >= 0.3 is 0 Å². The molecule has 0 radical (unpaired) electrons. The van der Waals surface area contributed by atoms with Gasteiger partial charge in [0.05, 0.1) is 0 Å². The zero-order valence-corrected chi connectivity index (χ0v) is 11.2. The zero-order valence-electron chi connectivity index (χ0n) is 9.66. The molecular weight excluding hydrogens is 250 g/mol. The van der Waals surface area contributed by atoms with Crippen LogP contribution in [-0.4, -0.2) is 29.9 Å². The van der Waals surface area contributed by atoms with E-state index in [0.29, 0.717) is 0 Å². The first-order valence-electron chi connectivity index (χ1n) is 6.56. The first-order chi connectivity index (χ1) is 7.28. The molecular formula is C13H22BrN. The van der Waals surface area contributed by atoms with Crippen LogP contribution in [0, 0.1) is 29.6 Å². The molecule has 2 bridgehead atoms. The Kier molecular flexibility index (Phi) is 2.84. The molecule has 86 valence electrons. The van der Waals surface area contributed by atoms with Crippen molar-refractivity contribution in [1.82, 2.24) is 4.90 Å². The highest BCUT2D eigenvalue weighted by atomic mass is 79.9. The fraction of sp³-hybridized carbons (Fsp3) is 1.00. The lowest BCUT2D eigenvalue weighted by Gasteiger charge is -2.22. The van der Waals surface area contributed by atoms with Crippen molar-refractivity contribution in [3.63, 3.8) is 0 Å². The van der Waals surface area contributed by atoms with Gasteiger partial charge in [-0.3, -0.25) is 0 Å². The number of fused-ring (bicyclic) bond motifs is 5. The van der Waals surface area contributed by atoms with Crippen molar-refractivity contribution in [2.45, 2.75) is 26.2 Å². The van der Waals surface area contributed by atoms with Crippen LogP contribution in [0.15, 0.2) is 0 Å². The van der Waals surface area contributed by atoms with Crippen LogP contribution in [0.25, 0.3) is 0 Å².